The Hall–Kier alpha value is -4.05. The Morgan fingerprint density at radius 3 is 2.42 bits per heavy atom. The third-order valence-electron chi connectivity index (χ3n) is 7.83. The molecule has 3 aliphatic heterocycles. The molecule has 1 N–H and O–H groups in total. The number of halogens is 1. The molecule has 3 amide bonds. The second-order valence-corrected chi connectivity index (χ2v) is 11.0. The van der Waals surface area contributed by atoms with Crippen LogP contribution >= 0.6 is 15.9 Å². The number of amides is 3. The molecular weight excluding hydrogens is 576 g/mol. The minimum atomic E-state index is -0.816. The molecule has 9 nitrogen and oxygen atoms in total. The molecule has 0 atom stereocenters. The molecule has 40 heavy (non-hydrogen) atoms. The number of likely N-dealkylation sites (tertiary alicyclic amines) is 1. The van der Waals surface area contributed by atoms with E-state index in [1.165, 1.54) is 0 Å². The molecule has 2 saturated heterocycles. The van der Waals surface area contributed by atoms with Crippen LogP contribution in [0.5, 0.6) is 11.5 Å². The Labute approximate surface area is 240 Å². The molecule has 10 heteroatoms. The highest BCUT2D eigenvalue weighted by atomic mass is 79.9. The number of fused-ring (bicyclic) bond motifs is 1. The fourth-order valence-electron chi connectivity index (χ4n) is 5.69. The summed E-state index contributed by atoms with van der Waals surface area (Å²) in [7, 11) is 0. The van der Waals surface area contributed by atoms with Gasteiger partial charge in [-0.15, -0.1) is 0 Å². The van der Waals surface area contributed by atoms with Crippen LogP contribution in [-0.4, -0.2) is 66.2 Å². The van der Waals surface area contributed by atoms with Crippen LogP contribution in [0.1, 0.15) is 28.8 Å². The second-order valence-electron chi connectivity index (χ2n) is 10.2. The molecule has 206 valence electrons. The van der Waals surface area contributed by atoms with E-state index in [1.807, 2.05) is 71.6 Å². The molecule has 0 bridgehead atoms. The zero-order chi connectivity index (χ0) is 27.7. The van der Waals surface area contributed by atoms with Crippen LogP contribution in [0.4, 0.5) is 5.69 Å². The van der Waals surface area contributed by atoms with E-state index >= 15 is 0 Å². The van der Waals surface area contributed by atoms with Crippen molar-refractivity contribution in [2.75, 3.05) is 38.0 Å². The average Bonchev–Trinajstić information content (AvgIpc) is 3.55. The molecule has 0 aliphatic carbocycles. The fraction of sp³-hybridized carbons (Fsp3) is 0.300. The summed E-state index contributed by atoms with van der Waals surface area (Å²) in [5, 5.41) is 2.92. The number of ether oxygens (including phenoxy) is 2. The minimum Gasteiger partial charge on any atom is -0.454 e. The zero-order valence-corrected chi connectivity index (χ0v) is 23.4. The average molecular weight is 605 g/mol. The molecule has 3 heterocycles. The molecule has 1 spiro atoms. The smallest absolute Gasteiger partial charge is 0.255 e. The molecule has 3 aliphatic rings. The number of carbonyl (C=O) groups is 3. The highest BCUT2D eigenvalue weighted by Gasteiger charge is 2.54. The van der Waals surface area contributed by atoms with E-state index in [1.54, 1.807) is 11.0 Å². The Morgan fingerprint density at radius 1 is 0.925 bits per heavy atom. The van der Waals surface area contributed by atoms with Crippen molar-refractivity contribution in [3.05, 3.63) is 88.4 Å². The van der Waals surface area contributed by atoms with Gasteiger partial charge in [-0.2, -0.15) is 0 Å². The third kappa shape index (κ3) is 4.88. The number of anilines is 1. The van der Waals surface area contributed by atoms with Gasteiger partial charge in [0.15, 0.2) is 11.5 Å². The van der Waals surface area contributed by atoms with Crippen LogP contribution in [0.3, 0.4) is 0 Å². The highest BCUT2D eigenvalue weighted by molar-refractivity contribution is 9.10. The van der Waals surface area contributed by atoms with E-state index in [2.05, 4.69) is 26.1 Å². The van der Waals surface area contributed by atoms with Gasteiger partial charge in [0.05, 0.1) is 12.2 Å². The van der Waals surface area contributed by atoms with Crippen LogP contribution in [0, 0.1) is 0 Å². The van der Waals surface area contributed by atoms with Gasteiger partial charge in [-0.1, -0.05) is 36.4 Å². The van der Waals surface area contributed by atoms with Crippen LogP contribution in [0.2, 0.25) is 0 Å². The molecule has 0 saturated carbocycles. The summed E-state index contributed by atoms with van der Waals surface area (Å²) in [6.07, 6.45) is 0.957. The lowest BCUT2D eigenvalue weighted by atomic mass is 9.85. The predicted octanol–water partition coefficient (Wildman–Crippen LogP) is 3.78. The Kier molecular flexibility index (Phi) is 7.10. The normalized spacial score (nSPS) is 17.4. The number of rotatable bonds is 6. The van der Waals surface area contributed by atoms with E-state index in [0.29, 0.717) is 56.2 Å². The van der Waals surface area contributed by atoms with Gasteiger partial charge < -0.3 is 29.5 Å². The largest absolute Gasteiger partial charge is 0.454 e. The molecule has 0 aromatic heterocycles. The number of hydrogen-bond acceptors (Lipinski definition) is 6. The lowest BCUT2D eigenvalue weighted by molar-refractivity contribution is -0.137. The summed E-state index contributed by atoms with van der Waals surface area (Å²) in [4.78, 5) is 45.7. The number of benzene rings is 3. The fourth-order valence-corrected chi connectivity index (χ4v) is 6.14. The first-order valence-electron chi connectivity index (χ1n) is 13.3. The van der Waals surface area contributed by atoms with Crippen molar-refractivity contribution in [3.8, 4) is 11.5 Å². The molecule has 2 fully saturated rings. The van der Waals surface area contributed by atoms with Crippen LogP contribution in [-0.2, 0) is 16.1 Å². The van der Waals surface area contributed by atoms with E-state index < -0.39 is 5.54 Å². The van der Waals surface area contributed by atoms with Gasteiger partial charge in [0.25, 0.3) is 11.8 Å². The molecule has 3 aromatic carbocycles. The summed E-state index contributed by atoms with van der Waals surface area (Å²) in [5.41, 5.74) is 1.60. The number of hydrogen-bond donors (Lipinski definition) is 1. The number of nitrogens with one attached hydrogen (secondary N) is 1. The number of nitrogens with zero attached hydrogens (tertiary/aromatic N) is 3. The summed E-state index contributed by atoms with van der Waals surface area (Å²) in [6.45, 7) is 1.65. The molecular formula is C30H29BrN4O5. The predicted molar refractivity (Wildman–Crippen MR) is 152 cm³/mol. The first-order chi connectivity index (χ1) is 19.4. The van der Waals surface area contributed by atoms with Gasteiger partial charge in [-0.3, -0.25) is 14.4 Å². The Balaban J connectivity index is 1.15. The Bertz CT molecular complexity index is 1440. The van der Waals surface area contributed by atoms with Crippen molar-refractivity contribution in [1.82, 2.24) is 15.1 Å². The van der Waals surface area contributed by atoms with Gasteiger partial charge in [0.1, 0.15) is 12.1 Å². The minimum absolute atomic E-state index is 0.0475. The maximum Gasteiger partial charge on any atom is 0.255 e. The van der Waals surface area contributed by atoms with E-state index in [0.717, 1.165) is 15.7 Å². The summed E-state index contributed by atoms with van der Waals surface area (Å²) < 4.78 is 11.5. The molecule has 0 unspecified atom stereocenters. The van der Waals surface area contributed by atoms with Gasteiger partial charge in [0.2, 0.25) is 12.7 Å². The third-order valence-corrected chi connectivity index (χ3v) is 8.52. The SMILES string of the molecule is O=C(CN1CN(c2ccccc2)C2(CCN(C(=O)c3ccccc3Br)CC2)C1=O)NCc1ccc2c(c1)OCO2. The molecule has 3 aromatic rings. The quantitative estimate of drug-likeness (QED) is 0.460. The lowest BCUT2D eigenvalue weighted by Gasteiger charge is -2.43. The first kappa shape index (κ1) is 26.2. The monoisotopic (exact) mass is 604 g/mol. The summed E-state index contributed by atoms with van der Waals surface area (Å²) in [5.74, 6) is 0.971. The lowest BCUT2D eigenvalue weighted by Crippen LogP contribution is -2.57. The van der Waals surface area contributed by atoms with E-state index in [4.69, 9.17) is 9.47 Å². The highest BCUT2D eigenvalue weighted by Crippen LogP contribution is 2.40. The van der Waals surface area contributed by atoms with Gasteiger partial charge in [-0.25, -0.2) is 0 Å². The first-order valence-corrected chi connectivity index (χ1v) is 14.0. The van der Waals surface area contributed by atoms with Gasteiger partial charge >= 0.3 is 0 Å². The zero-order valence-electron chi connectivity index (χ0n) is 21.8. The maximum atomic E-state index is 14.0. The van der Waals surface area contributed by atoms with Crippen molar-refractivity contribution < 1.29 is 23.9 Å². The van der Waals surface area contributed by atoms with Gasteiger partial charge in [-0.05, 0) is 70.7 Å². The Morgan fingerprint density at radius 2 is 1.65 bits per heavy atom. The van der Waals surface area contributed by atoms with E-state index in [-0.39, 0.29) is 31.1 Å². The van der Waals surface area contributed by atoms with Crippen LogP contribution in [0.25, 0.3) is 0 Å². The maximum absolute atomic E-state index is 14.0. The molecule has 0 radical (unpaired) electrons. The number of carbonyl (C=O) groups excluding carboxylic acids is 3. The number of piperidine rings is 1. The van der Waals surface area contributed by atoms with Gasteiger partial charge in [0, 0.05) is 29.8 Å². The standard InChI is InChI=1S/C30H29BrN4O5/c31-24-9-5-4-8-23(24)28(37)33-14-12-30(13-15-33)29(38)34(19-35(30)22-6-2-1-3-7-22)18-27(36)32-17-21-10-11-25-26(16-21)40-20-39-25/h1-11,16H,12-15,17-20H2,(H,32,36). The molecule has 6 rings (SSSR count). The van der Waals surface area contributed by atoms with Crippen molar-refractivity contribution in [2.24, 2.45) is 0 Å². The van der Waals surface area contributed by atoms with Crippen LogP contribution in [0.15, 0.2) is 77.3 Å². The van der Waals surface area contributed by atoms with Crippen LogP contribution < -0.4 is 19.7 Å². The van der Waals surface area contributed by atoms with Crippen molar-refractivity contribution >= 4 is 39.3 Å². The van der Waals surface area contributed by atoms with Crippen molar-refractivity contribution in [2.45, 2.75) is 24.9 Å². The van der Waals surface area contributed by atoms with Crippen molar-refractivity contribution in [3.63, 3.8) is 0 Å². The summed E-state index contributed by atoms with van der Waals surface area (Å²) in [6, 6.07) is 22.7. The topological polar surface area (TPSA) is 91.4 Å². The van der Waals surface area contributed by atoms with Crippen molar-refractivity contribution in [1.29, 1.82) is 0 Å². The number of para-hydroxylation sites is 1. The second kappa shape index (κ2) is 10.8. The summed E-state index contributed by atoms with van der Waals surface area (Å²) >= 11 is 3.48. The van der Waals surface area contributed by atoms with E-state index in [9.17, 15) is 14.4 Å².